The highest BCUT2D eigenvalue weighted by Gasteiger charge is 2.08. The quantitative estimate of drug-likeness (QED) is 0.794. The lowest BCUT2D eigenvalue weighted by molar-refractivity contribution is -0.116. The van der Waals surface area contributed by atoms with Crippen molar-refractivity contribution in [2.45, 2.75) is 19.8 Å². The topological polar surface area (TPSA) is 55.1 Å². The molecule has 0 atom stereocenters. The molecule has 5 heteroatoms. The van der Waals surface area contributed by atoms with Gasteiger partial charge in [0.05, 0.1) is 10.2 Å². The number of anilines is 1. The van der Waals surface area contributed by atoms with E-state index >= 15 is 0 Å². The van der Waals surface area contributed by atoms with Crippen LogP contribution in [-0.2, 0) is 11.2 Å². The molecule has 0 fully saturated rings. The first-order valence-corrected chi connectivity index (χ1v) is 7.23. The lowest BCUT2D eigenvalue weighted by Gasteiger charge is -1.99. The minimum atomic E-state index is -0.0434. The number of benzene rings is 1. The van der Waals surface area contributed by atoms with Gasteiger partial charge in [-0.15, -0.1) is 0 Å². The summed E-state index contributed by atoms with van der Waals surface area (Å²) in [6.45, 7) is 1.89. The second-order valence-corrected chi connectivity index (χ2v) is 5.58. The van der Waals surface area contributed by atoms with Crippen molar-refractivity contribution in [2.75, 3.05) is 5.32 Å². The van der Waals surface area contributed by atoms with Crippen LogP contribution in [0.25, 0.3) is 10.2 Å². The van der Waals surface area contributed by atoms with Gasteiger partial charge in [-0.2, -0.15) is 0 Å². The third-order valence-corrected chi connectivity index (χ3v) is 3.89. The van der Waals surface area contributed by atoms with Gasteiger partial charge in [0.15, 0.2) is 5.13 Å². The van der Waals surface area contributed by atoms with Crippen LogP contribution in [0.5, 0.6) is 0 Å². The molecule has 3 rings (SSSR count). The Morgan fingerprint density at radius 2 is 2.15 bits per heavy atom. The number of nitrogens with zero attached hydrogens (tertiary/aromatic N) is 1. The summed E-state index contributed by atoms with van der Waals surface area (Å²) in [6.07, 6.45) is 0.993. The number of para-hydroxylation sites is 1. The number of carbonyl (C=O) groups is 1. The SMILES string of the molecule is Cc1ccc(CCC(=O)Nc2nc3ccccc3s2)o1. The molecule has 0 aliphatic rings. The van der Waals surface area contributed by atoms with Crippen molar-refractivity contribution in [1.29, 1.82) is 0 Å². The molecule has 0 bridgehead atoms. The largest absolute Gasteiger partial charge is 0.466 e. The first-order valence-electron chi connectivity index (χ1n) is 6.41. The van der Waals surface area contributed by atoms with E-state index in [1.54, 1.807) is 0 Å². The highest BCUT2D eigenvalue weighted by atomic mass is 32.1. The number of thiazole rings is 1. The average molecular weight is 286 g/mol. The molecule has 3 aromatic rings. The highest BCUT2D eigenvalue weighted by molar-refractivity contribution is 7.22. The van der Waals surface area contributed by atoms with Gasteiger partial charge in [0.1, 0.15) is 11.5 Å². The fraction of sp³-hybridized carbons (Fsp3) is 0.200. The van der Waals surface area contributed by atoms with Crippen LogP contribution in [0.3, 0.4) is 0 Å². The van der Waals surface area contributed by atoms with Crippen LogP contribution >= 0.6 is 11.3 Å². The molecular formula is C15H14N2O2S. The number of rotatable bonds is 4. The van der Waals surface area contributed by atoms with E-state index < -0.39 is 0 Å². The maximum absolute atomic E-state index is 11.9. The Morgan fingerprint density at radius 1 is 1.30 bits per heavy atom. The van der Waals surface area contributed by atoms with Gasteiger partial charge in [-0.25, -0.2) is 4.98 Å². The fourth-order valence-electron chi connectivity index (χ4n) is 1.96. The summed E-state index contributed by atoms with van der Waals surface area (Å²) >= 11 is 1.48. The first kappa shape index (κ1) is 12.9. The summed E-state index contributed by atoms with van der Waals surface area (Å²) in [5.74, 6) is 1.66. The number of aromatic nitrogens is 1. The molecule has 4 nitrogen and oxygen atoms in total. The van der Waals surface area contributed by atoms with Gasteiger partial charge in [0, 0.05) is 12.8 Å². The Labute approximate surface area is 120 Å². The fourth-order valence-corrected chi connectivity index (χ4v) is 2.85. The van der Waals surface area contributed by atoms with Gasteiger partial charge >= 0.3 is 0 Å². The number of hydrogen-bond donors (Lipinski definition) is 1. The lowest BCUT2D eigenvalue weighted by Crippen LogP contribution is -2.11. The molecule has 2 heterocycles. The molecule has 0 saturated carbocycles. The molecule has 1 aromatic carbocycles. The standard InChI is InChI=1S/C15H14N2O2S/c1-10-6-7-11(19-10)8-9-14(18)17-15-16-12-4-2-3-5-13(12)20-15/h2-7H,8-9H2,1H3,(H,16,17,18). The Hall–Kier alpha value is -2.14. The highest BCUT2D eigenvalue weighted by Crippen LogP contribution is 2.25. The van der Waals surface area contributed by atoms with Crippen LogP contribution in [0.2, 0.25) is 0 Å². The monoisotopic (exact) mass is 286 g/mol. The summed E-state index contributed by atoms with van der Waals surface area (Å²) in [6, 6.07) is 11.6. The van der Waals surface area contributed by atoms with Crippen LogP contribution in [0.1, 0.15) is 17.9 Å². The van der Waals surface area contributed by atoms with E-state index in [1.165, 1.54) is 11.3 Å². The Balaban J connectivity index is 1.60. The number of amides is 1. The molecule has 0 spiro atoms. The zero-order valence-corrected chi connectivity index (χ0v) is 11.9. The molecule has 1 amide bonds. The van der Waals surface area contributed by atoms with Crippen molar-refractivity contribution in [3.8, 4) is 0 Å². The number of hydrogen-bond acceptors (Lipinski definition) is 4. The van der Waals surface area contributed by atoms with Crippen molar-refractivity contribution in [1.82, 2.24) is 4.98 Å². The van der Waals surface area contributed by atoms with Crippen LogP contribution < -0.4 is 5.32 Å². The molecule has 0 aliphatic heterocycles. The Morgan fingerprint density at radius 3 is 2.90 bits per heavy atom. The molecule has 0 saturated heterocycles. The first-order chi connectivity index (χ1) is 9.70. The van der Waals surface area contributed by atoms with Crippen molar-refractivity contribution in [3.63, 3.8) is 0 Å². The molecule has 20 heavy (non-hydrogen) atoms. The van der Waals surface area contributed by atoms with Crippen molar-refractivity contribution in [2.24, 2.45) is 0 Å². The Bertz CT molecular complexity index is 712. The maximum atomic E-state index is 11.9. The molecule has 0 unspecified atom stereocenters. The smallest absolute Gasteiger partial charge is 0.226 e. The molecule has 2 aromatic heterocycles. The van der Waals surface area contributed by atoms with E-state index in [0.717, 1.165) is 21.7 Å². The van der Waals surface area contributed by atoms with Crippen molar-refractivity contribution in [3.05, 3.63) is 47.9 Å². The van der Waals surface area contributed by atoms with E-state index in [9.17, 15) is 4.79 Å². The van der Waals surface area contributed by atoms with E-state index in [4.69, 9.17) is 4.42 Å². The second-order valence-electron chi connectivity index (χ2n) is 4.55. The minimum Gasteiger partial charge on any atom is -0.466 e. The van der Waals surface area contributed by atoms with Crippen molar-refractivity contribution < 1.29 is 9.21 Å². The summed E-state index contributed by atoms with van der Waals surface area (Å²) in [5, 5.41) is 3.48. The number of furan rings is 1. The predicted molar refractivity (Wildman–Crippen MR) is 80.0 cm³/mol. The van der Waals surface area contributed by atoms with E-state index in [1.807, 2.05) is 43.3 Å². The van der Waals surface area contributed by atoms with Gasteiger partial charge in [-0.1, -0.05) is 23.5 Å². The third kappa shape index (κ3) is 2.88. The zero-order chi connectivity index (χ0) is 13.9. The predicted octanol–water partition coefficient (Wildman–Crippen LogP) is 3.77. The number of nitrogens with one attached hydrogen (secondary N) is 1. The van der Waals surface area contributed by atoms with Crippen LogP contribution in [0.4, 0.5) is 5.13 Å². The summed E-state index contributed by atoms with van der Waals surface area (Å²) in [7, 11) is 0. The zero-order valence-electron chi connectivity index (χ0n) is 11.1. The number of fused-ring (bicyclic) bond motifs is 1. The van der Waals surface area contributed by atoms with E-state index in [0.29, 0.717) is 18.0 Å². The lowest BCUT2D eigenvalue weighted by atomic mass is 10.2. The summed E-state index contributed by atoms with van der Waals surface area (Å²) in [4.78, 5) is 16.3. The van der Waals surface area contributed by atoms with E-state index in [2.05, 4.69) is 10.3 Å². The molecule has 1 N–H and O–H groups in total. The van der Waals surface area contributed by atoms with Gasteiger partial charge in [0.2, 0.25) is 5.91 Å². The van der Waals surface area contributed by atoms with Gasteiger partial charge in [-0.05, 0) is 31.2 Å². The Kier molecular flexibility index (Phi) is 3.52. The van der Waals surface area contributed by atoms with Gasteiger partial charge in [0.25, 0.3) is 0 Å². The molecule has 102 valence electrons. The normalized spacial score (nSPS) is 10.8. The molecule has 0 radical (unpaired) electrons. The minimum absolute atomic E-state index is 0.0434. The number of aryl methyl sites for hydroxylation is 2. The van der Waals surface area contributed by atoms with Crippen LogP contribution in [-0.4, -0.2) is 10.9 Å². The maximum Gasteiger partial charge on any atom is 0.226 e. The van der Waals surface area contributed by atoms with Gasteiger partial charge in [-0.3, -0.25) is 4.79 Å². The van der Waals surface area contributed by atoms with Crippen LogP contribution in [0.15, 0.2) is 40.8 Å². The van der Waals surface area contributed by atoms with E-state index in [-0.39, 0.29) is 5.91 Å². The third-order valence-electron chi connectivity index (χ3n) is 2.93. The molecule has 0 aliphatic carbocycles. The second kappa shape index (κ2) is 5.46. The van der Waals surface area contributed by atoms with Crippen LogP contribution in [0, 0.1) is 6.92 Å². The average Bonchev–Trinajstić information content (AvgIpc) is 3.01. The summed E-state index contributed by atoms with van der Waals surface area (Å²) in [5.41, 5.74) is 0.912. The summed E-state index contributed by atoms with van der Waals surface area (Å²) < 4.78 is 6.51. The number of carbonyl (C=O) groups excluding carboxylic acids is 1. The molecular weight excluding hydrogens is 272 g/mol. The van der Waals surface area contributed by atoms with Gasteiger partial charge < -0.3 is 9.73 Å². The van der Waals surface area contributed by atoms with Crippen molar-refractivity contribution >= 4 is 32.6 Å².